The summed E-state index contributed by atoms with van der Waals surface area (Å²) < 4.78 is 10.3. The average molecular weight is 300 g/mol. The lowest BCUT2D eigenvalue weighted by Gasteiger charge is -2.27. The van der Waals surface area contributed by atoms with Gasteiger partial charge in [-0.1, -0.05) is 24.3 Å². The van der Waals surface area contributed by atoms with E-state index in [9.17, 15) is 4.79 Å². The number of nitrogens with one attached hydrogen (secondary N) is 1. The van der Waals surface area contributed by atoms with Crippen LogP contribution in [0, 0.1) is 0 Å². The zero-order valence-electron chi connectivity index (χ0n) is 12.5. The van der Waals surface area contributed by atoms with Crippen LogP contribution >= 0.6 is 0 Å². The summed E-state index contributed by atoms with van der Waals surface area (Å²) in [7, 11) is 0. The second kappa shape index (κ2) is 7.24. The molecule has 1 aliphatic rings. The van der Waals surface area contributed by atoms with Crippen LogP contribution in [-0.4, -0.2) is 37.1 Å². The van der Waals surface area contributed by atoms with E-state index in [1.165, 1.54) is 18.1 Å². The highest BCUT2D eigenvalue weighted by molar-refractivity contribution is 5.93. The van der Waals surface area contributed by atoms with Crippen molar-refractivity contribution >= 4 is 5.91 Å². The van der Waals surface area contributed by atoms with Crippen molar-refractivity contribution < 1.29 is 13.9 Å². The summed E-state index contributed by atoms with van der Waals surface area (Å²) in [6.07, 6.45) is 2.95. The van der Waals surface area contributed by atoms with Crippen LogP contribution in [0.1, 0.15) is 21.5 Å². The molecule has 0 unspecified atom stereocenters. The number of morpholine rings is 1. The van der Waals surface area contributed by atoms with E-state index >= 15 is 0 Å². The molecule has 2 aromatic rings. The minimum Gasteiger partial charge on any atom is -0.472 e. The molecule has 1 aromatic carbocycles. The second-order valence-corrected chi connectivity index (χ2v) is 5.35. The Morgan fingerprint density at radius 2 is 1.91 bits per heavy atom. The van der Waals surface area contributed by atoms with Crippen molar-refractivity contribution in [2.45, 2.75) is 13.1 Å². The molecule has 22 heavy (non-hydrogen) atoms. The van der Waals surface area contributed by atoms with Crippen molar-refractivity contribution in [2.75, 3.05) is 26.3 Å². The number of carbonyl (C=O) groups excluding carboxylic acids is 1. The summed E-state index contributed by atoms with van der Waals surface area (Å²) >= 11 is 0. The molecule has 0 spiro atoms. The minimum absolute atomic E-state index is 0.116. The smallest absolute Gasteiger partial charge is 0.254 e. The molecule has 1 aliphatic heterocycles. The summed E-state index contributed by atoms with van der Waals surface area (Å²) in [5.41, 5.74) is 2.94. The maximum Gasteiger partial charge on any atom is 0.254 e. The van der Waals surface area contributed by atoms with Crippen LogP contribution in [0.5, 0.6) is 0 Å². The Kier molecular flexibility index (Phi) is 4.88. The van der Waals surface area contributed by atoms with Gasteiger partial charge < -0.3 is 14.5 Å². The van der Waals surface area contributed by atoms with E-state index in [4.69, 9.17) is 9.15 Å². The highest BCUT2D eigenvalue weighted by Crippen LogP contribution is 2.13. The summed E-state index contributed by atoms with van der Waals surface area (Å²) in [6.45, 7) is 4.90. The zero-order chi connectivity index (χ0) is 15.2. The molecule has 0 bridgehead atoms. The lowest BCUT2D eigenvalue weighted by Crippen LogP contribution is -2.36. The molecule has 5 heteroatoms. The van der Waals surface area contributed by atoms with Crippen molar-refractivity contribution in [2.24, 2.45) is 0 Å². The summed E-state index contributed by atoms with van der Waals surface area (Å²) in [5.74, 6) is -0.116. The Hall–Kier alpha value is -2.11. The standard InChI is InChI=1S/C17H20N2O3/c20-17(16-5-8-22-13-16)18-11-14-3-1-2-4-15(14)12-19-6-9-21-10-7-19/h1-5,8,13H,6-7,9-12H2,(H,18,20). The highest BCUT2D eigenvalue weighted by Gasteiger charge is 2.13. The molecule has 0 radical (unpaired) electrons. The Bertz CT molecular complexity index is 604. The molecule has 1 amide bonds. The van der Waals surface area contributed by atoms with E-state index in [1.54, 1.807) is 6.07 Å². The number of nitrogens with zero attached hydrogens (tertiary/aromatic N) is 1. The molecule has 1 fully saturated rings. The summed E-state index contributed by atoms with van der Waals surface area (Å²) in [4.78, 5) is 14.4. The number of rotatable bonds is 5. The molecular weight excluding hydrogens is 280 g/mol. The molecule has 1 saturated heterocycles. The van der Waals surface area contributed by atoms with Gasteiger partial charge in [-0.05, 0) is 17.2 Å². The first-order valence-corrected chi connectivity index (χ1v) is 7.50. The number of furan rings is 1. The van der Waals surface area contributed by atoms with Gasteiger partial charge in [-0.2, -0.15) is 0 Å². The van der Waals surface area contributed by atoms with Gasteiger partial charge in [0.05, 0.1) is 25.0 Å². The van der Waals surface area contributed by atoms with Crippen LogP contribution in [0.4, 0.5) is 0 Å². The van der Waals surface area contributed by atoms with Gasteiger partial charge in [0, 0.05) is 26.2 Å². The molecule has 1 aromatic heterocycles. The maximum atomic E-state index is 12.0. The van der Waals surface area contributed by atoms with Gasteiger partial charge in [0.1, 0.15) is 6.26 Å². The van der Waals surface area contributed by atoms with Gasteiger partial charge in [-0.3, -0.25) is 9.69 Å². The third kappa shape index (κ3) is 3.75. The van der Waals surface area contributed by atoms with Gasteiger partial charge in [0.25, 0.3) is 5.91 Å². The van der Waals surface area contributed by atoms with E-state index in [1.807, 2.05) is 12.1 Å². The molecule has 0 saturated carbocycles. The van der Waals surface area contributed by atoms with Crippen LogP contribution in [-0.2, 0) is 17.8 Å². The molecule has 116 valence electrons. The van der Waals surface area contributed by atoms with E-state index < -0.39 is 0 Å². The Labute approximate surface area is 129 Å². The first kappa shape index (κ1) is 14.8. The first-order chi connectivity index (χ1) is 10.8. The predicted molar refractivity (Wildman–Crippen MR) is 82.4 cm³/mol. The lowest BCUT2D eigenvalue weighted by molar-refractivity contribution is 0.0340. The van der Waals surface area contributed by atoms with Gasteiger partial charge in [-0.25, -0.2) is 0 Å². The van der Waals surface area contributed by atoms with Crippen LogP contribution < -0.4 is 5.32 Å². The number of benzene rings is 1. The van der Waals surface area contributed by atoms with Crippen LogP contribution in [0.3, 0.4) is 0 Å². The zero-order valence-corrected chi connectivity index (χ0v) is 12.5. The molecule has 0 aliphatic carbocycles. The normalized spacial score (nSPS) is 15.6. The third-order valence-corrected chi connectivity index (χ3v) is 3.84. The molecule has 0 atom stereocenters. The lowest BCUT2D eigenvalue weighted by atomic mass is 10.1. The van der Waals surface area contributed by atoms with Crippen molar-refractivity contribution in [3.63, 3.8) is 0 Å². The fraction of sp³-hybridized carbons (Fsp3) is 0.353. The van der Waals surface area contributed by atoms with Gasteiger partial charge in [0.15, 0.2) is 0 Å². The van der Waals surface area contributed by atoms with Crippen LogP contribution in [0.25, 0.3) is 0 Å². The van der Waals surface area contributed by atoms with Crippen LogP contribution in [0.15, 0.2) is 47.3 Å². The van der Waals surface area contributed by atoms with Gasteiger partial charge in [-0.15, -0.1) is 0 Å². The number of amides is 1. The third-order valence-electron chi connectivity index (χ3n) is 3.84. The maximum absolute atomic E-state index is 12.0. The Morgan fingerprint density at radius 3 is 2.64 bits per heavy atom. The molecular formula is C17H20N2O3. The Balaban J connectivity index is 1.62. The van der Waals surface area contributed by atoms with Gasteiger partial charge in [0.2, 0.25) is 0 Å². The summed E-state index contributed by atoms with van der Waals surface area (Å²) in [6, 6.07) is 9.88. The van der Waals surface area contributed by atoms with E-state index in [-0.39, 0.29) is 5.91 Å². The largest absolute Gasteiger partial charge is 0.472 e. The number of ether oxygens (including phenoxy) is 1. The fourth-order valence-electron chi connectivity index (χ4n) is 2.56. The van der Waals surface area contributed by atoms with E-state index in [2.05, 4.69) is 22.3 Å². The predicted octanol–water partition coefficient (Wildman–Crippen LogP) is 2.04. The Morgan fingerprint density at radius 1 is 1.14 bits per heavy atom. The first-order valence-electron chi connectivity index (χ1n) is 7.50. The van der Waals surface area contributed by atoms with Crippen molar-refractivity contribution in [3.8, 4) is 0 Å². The topological polar surface area (TPSA) is 54.7 Å². The fourth-order valence-corrected chi connectivity index (χ4v) is 2.56. The molecule has 1 N–H and O–H groups in total. The summed E-state index contributed by atoms with van der Waals surface area (Å²) in [5, 5.41) is 2.94. The van der Waals surface area contributed by atoms with E-state index in [0.717, 1.165) is 38.4 Å². The molecule has 5 nitrogen and oxygen atoms in total. The monoisotopic (exact) mass is 300 g/mol. The number of hydrogen-bond donors (Lipinski definition) is 1. The second-order valence-electron chi connectivity index (χ2n) is 5.35. The average Bonchev–Trinajstić information content (AvgIpc) is 3.09. The van der Waals surface area contributed by atoms with Crippen molar-refractivity contribution in [3.05, 3.63) is 59.5 Å². The highest BCUT2D eigenvalue weighted by atomic mass is 16.5. The van der Waals surface area contributed by atoms with E-state index in [0.29, 0.717) is 12.1 Å². The molecule has 2 heterocycles. The van der Waals surface area contributed by atoms with Crippen molar-refractivity contribution in [1.82, 2.24) is 10.2 Å². The van der Waals surface area contributed by atoms with Gasteiger partial charge >= 0.3 is 0 Å². The van der Waals surface area contributed by atoms with Crippen molar-refractivity contribution in [1.29, 1.82) is 0 Å². The minimum atomic E-state index is -0.116. The number of carbonyl (C=O) groups is 1. The van der Waals surface area contributed by atoms with Crippen LogP contribution in [0.2, 0.25) is 0 Å². The quantitative estimate of drug-likeness (QED) is 0.918. The SMILES string of the molecule is O=C(NCc1ccccc1CN1CCOCC1)c1ccoc1. The number of hydrogen-bond acceptors (Lipinski definition) is 4. The molecule has 3 rings (SSSR count).